The first-order valence-electron chi connectivity index (χ1n) is 7.04. The normalized spacial score (nSPS) is 11.1. The zero-order valence-electron chi connectivity index (χ0n) is 11.6. The maximum Gasteiger partial charge on any atom is 0.155 e. The SMILES string of the molecule is CCCCCCCC(=O)C=Cc1cccc(CO)n1. The summed E-state index contributed by atoms with van der Waals surface area (Å²) >= 11 is 0. The molecule has 0 aliphatic carbocycles. The van der Waals surface area contributed by atoms with E-state index in [2.05, 4.69) is 11.9 Å². The second-order valence-electron chi connectivity index (χ2n) is 4.68. The Morgan fingerprint density at radius 2 is 2.05 bits per heavy atom. The van der Waals surface area contributed by atoms with Gasteiger partial charge >= 0.3 is 0 Å². The standard InChI is InChI=1S/C16H23NO2/c1-2-3-4-5-6-10-16(19)12-11-14-8-7-9-15(13-18)17-14/h7-9,11-12,18H,2-6,10,13H2,1H3. The van der Waals surface area contributed by atoms with Gasteiger partial charge in [-0.25, -0.2) is 0 Å². The van der Waals surface area contributed by atoms with E-state index in [-0.39, 0.29) is 12.4 Å². The number of hydrogen-bond acceptors (Lipinski definition) is 3. The van der Waals surface area contributed by atoms with E-state index >= 15 is 0 Å². The topological polar surface area (TPSA) is 50.2 Å². The number of nitrogens with zero attached hydrogens (tertiary/aromatic N) is 1. The third kappa shape index (κ3) is 6.87. The molecule has 0 atom stereocenters. The number of rotatable bonds is 9. The molecule has 0 unspecified atom stereocenters. The molecule has 3 nitrogen and oxygen atoms in total. The van der Waals surface area contributed by atoms with Gasteiger partial charge in [-0.05, 0) is 30.7 Å². The molecule has 0 aliphatic heterocycles. The molecule has 1 heterocycles. The van der Waals surface area contributed by atoms with Crippen molar-refractivity contribution in [3.63, 3.8) is 0 Å². The van der Waals surface area contributed by atoms with Crippen LogP contribution in [0.1, 0.15) is 56.8 Å². The average Bonchev–Trinajstić information content (AvgIpc) is 2.45. The maximum atomic E-state index is 11.6. The molecular weight excluding hydrogens is 238 g/mol. The monoisotopic (exact) mass is 261 g/mol. The van der Waals surface area contributed by atoms with Gasteiger partial charge in [-0.3, -0.25) is 9.78 Å². The Morgan fingerprint density at radius 3 is 2.79 bits per heavy atom. The van der Waals surface area contributed by atoms with Gasteiger partial charge in [-0.15, -0.1) is 0 Å². The minimum Gasteiger partial charge on any atom is -0.390 e. The predicted octanol–water partition coefficient (Wildman–Crippen LogP) is 3.52. The Hall–Kier alpha value is -1.48. The van der Waals surface area contributed by atoms with E-state index in [1.807, 2.05) is 12.1 Å². The Morgan fingerprint density at radius 1 is 1.26 bits per heavy atom. The number of allylic oxidation sites excluding steroid dienone is 1. The summed E-state index contributed by atoms with van der Waals surface area (Å²) in [7, 11) is 0. The summed E-state index contributed by atoms with van der Waals surface area (Å²) in [5, 5.41) is 8.97. The summed E-state index contributed by atoms with van der Waals surface area (Å²) < 4.78 is 0. The lowest BCUT2D eigenvalue weighted by atomic mass is 10.1. The molecule has 0 amide bonds. The van der Waals surface area contributed by atoms with Crippen LogP contribution in [0.15, 0.2) is 24.3 Å². The van der Waals surface area contributed by atoms with Gasteiger partial charge in [-0.1, -0.05) is 38.7 Å². The molecule has 1 rings (SSSR count). The molecule has 0 bridgehead atoms. The van der Waals surface area contributed by atoms with Crippen molar-refractivity contribution in [2.75, 3.05) is 0 Å². The summed E-state index contributed by atoms with van der Waals surface area (Å²) in [6, 6.07) is 5.41. The Labute approximate surface area is 115 Å². The van der Waals surface area contributed by atoms with Crippen molar-refractivity contribution in [2.24, 2.45) is 0 Å². The zero-order valence-corrected chi connectivity index (χ0v) is 11.6. The van der Waals surface area contributed by atoms with Gasteiger partial charge in [0.1, 0.15) is 0 Å². The molecule has 104 valence electrons. The minimum atomic E-state index is -0.0763. The van der Waals surface area contributed by atoms with Gasteiger partial charge in [0.05, 0.1) is 18.0 Å². The van der Waals surface area contributed by atoms with Crippen LogP contribution >= 0.6 is 0 Å². The number of ketones is 1. The van der Waals surface area contributed by atoms with Crippen LogP contribution in [0.2, 0.25) is 0 Å². The van der Waals surface area contributed by atoms with Crippen LogP contribution in [0.4, 0.5) is 0 Å². The lowest BCUT2D eigenvalue weighted by molar-refractivity contribution is -0.114. The van der Waals surface area contributed by atoms with Gasteiger partial charge in [0.15, 0.2) is 5.78 Å². The molecule has 1 aromatic heterocycles. The van der Waals surface area contributed by atoms with E-state index in [4.69, 9.17) is 5.11 Å². The maximum absolute atomic E-state index is 11.6. The highest BCUT2D eigenvalue weighted by Gasteiger charge is 1.98. The predicted molar refractivity (Wildman–Crippen MR) is 77.6 cm³/mol. The van der Waals surface area contributed by atoms with Gasteiger partial charge in [0.25, 0.3) is 0 Å². The first-order chi connectivity index (χ1) is 9.26. The van der Waals surface area contributed by atoms with Crippen molar-refractivity contribution in [2.45, 2.75) is 52.1 Å². The number of aliphatic hydroxyl groups excluding tert-OH is 1. The van der Waals surface area contributed by atoms with Gasteiger partial charge in [0.2, 0.25) is 0 Å². The quantitative estimate of drug-likeness (QED) is 0.546. The highest BCUT2D eigenvalue weighted by atomic mass is 16.3. The van der Waals surface area contributed by atoms with Crippen LogP contribution in [0, 0.1) is 0 Å². The number of carbonyl (C=O) groups excluding carboxylic acids is 1. The number of aromatic nitrogens is 1. The van der Waals surface area contributed by atoms with Crippen molar-refractivity contribution in [3.05, 3.63) is 35.7 Å². The first-order valence-corrected chi connectivity index (χ1v) is 7.04. The van der Waals surface area contributed by atoms with Gasteiger partial charge in [0, 0.05) is 6.42 Å². The fourth-order valence-corrected chi connectivity index (χ4v) is 1.84. The Bertz CT molecular complexity index is 413. The molecule has 1 aromatic rings. The van der Waals surface area contributed by atoms with Gasteiger partial charge in [-0.2, -0.15) is 0 Å². The van der Waals surface area contributed by atoms with E-state index in [0.29, 0.717) is 17.8 Å². The smallest absolute Gasteiger partial charge is 0.155 e. The first kappa shape index (κ1) is 15.6. The van der Waals surface area contributed by atoms with Crippen LogP contribution in [0.5, 0.6) is 0 Å². The van der Waals surface area contributed by atoms with Crippen molar-refractivity contribution in [1.29, 1.82) is 0 Å². The largest absolute Gasteiger partial charge is 0.390 e. The molecular formula is C16H23NO2. The third-order valence-corrected chi connectivity index (χ3v) is 2.96. The van der Waals surface area contributed by atoms with Gasteiger partial charge < -0.3 is 5.11 Å². The summed E-state index contributed by atoms with van der Waals surface area (Å²) in [5.41, 5.74) is 1.33. The van der Waals surface area contributed by atoms with Crippen LogP contribution in [-0.4, -0.2) is 15.9 Å². The highest BCUT2D eigenvalue weighted by molar-refractivity contribution is 5.93. The highest BCUT2D eigenvalue weighted by Crippen LogP contribution is 2.07. The molecule has 0 aromatic carbocycles. The second-order valence-corrected chi connectivity index (χ2v) is 4.68. The van der Waals surface area contributed by atoms with E-state index in [1.165, 1.54) is 19.3 Å². The molecule has 0 saturated heterocycles. The summed E-state index contributed by atoms with van der Waals surface area (Å²) in [6.45, 7) is 2.11. The molecule has 0 spiro atoms. The molecule has 0 radical (unpaired) electrons. The second kappa shape index (κ2) is 9.45. The summed E-state index contributed by atoms with van der Waals surface area (Å²) in [4.78, 5) is 15.8. The minimum absolute atomic E-state index is 0.0763. The van der Waals surface area contributed by atoms with E-state index < -0.39 is 0 Å². The molecule has 0 fully saturated rings. The van der Waals surface area contributed by atoms with Crippen molar-refractivity contribution >= 4 is 11.9 Å². The van der Waals surface area contributed by atoms with Crippen LogP contribution in [0.3, 0.4) is 0 Å². The molecule has 0 saturated carbocycles. The zero-order chi connectivity index (χ0) is 13.9. The summed E-state index contributed by atoms with van der Waals surface area (Å²) in [5.74, 6) is 0.146. The van der Waals surface area contributed by atoms with Crippen molar-refractivity contribution < 1.29 is 9.90 Å². The molecule has 0 aliphatic rings. The van der Waals surface area contributed by atoms with E-state index in [1.54, 1.807) is 18.2 Å². The Balaban J connectivity index is 2.32. The number of unbranched alkanes of at least 4 members (excludes halogenated alkanes) is 4. The molecule has 1 N–H and O–H groups in total. The summed E-state index contributed by atoms with van der Waals surface area (Å²) in [6.07, 6.45) is 9.70. The molecule has 19 heavy (non-hydrogen) atoms. The average molecular weight is 261 g/mol. The number of hydrogen-bond donors (Lipinski definition) is 1. The van der Waals surface area contributed by atoms with Crippen molar-refractivity contribution in [3.8, 4) is 0 Å². The van der Waals surface area contributed by atoms with Crippen LogP contribution in [-0.2, 0) is 11.4 Å². The number of aliphatic hydroxyl groups is 1. The molecule has 3 heteroatoms. The fraction of sp³-hybridized carbons (Fsp3) is 0.500. The fourth-order valence-electron chi connectivity index (χ4n) is 1.84. The number of pyridine rings is 1. The van der Waals surface area contributed by atoms with E-state index in [0.717, 1.165) is 12.8 Å². The van der Waals surface area contributed by atoms with Crippen molar-refractivity contribution in [1.82, 2.24) is 4.98 Å². The van der Waals surface area contributed by atoms with Crippen LogP contribution < -0.4 is 0 Å². The van der Waals surface area contributed by atoms with Crippen LogP contribution in [0.25, 0.3) is 6.08 Å². The van der Waals surface area contributed by atoms with E-state index in [9.17, 15) is 4.79 Å². The number of carbonyl (C=O) groups is 1. The lowest BCUT2D eigenvalue weighted by Crippen LogP contribution is -1.94. The third-order valence-electron chi connectivity index (χ3n) is 2.96. The Kier molecular flexibility index (Phi) is 7.75. The lowest BCUT2D eigenvalue weighted by Gasteiger charge is -1.98.